The van der Waals surface area contributed by atoms with Gasteiger partial charge in [-0.1, -0.05) is 60.7 Å². The second kappa shape index (κ2) is 16.2. The van der Waals surface area contributed by atoms with Gasteiger partial charge in [-0.05, 0) is 38.8 Å². The zero-order valence-corrected chi connectivity index (χ0v) is 35.3. The molecular formula is C37H44N8O12S3. The summed E-state index contributed by atoms with van der Waals surface area (Å²) in [5.41, 5.74) is 6.96. The fourth-order valence-corrected chi connectivity index (χ4v) is 11.8. The average Bonchev–Trinajstić information content (AvgIpc) is 3.80. The Morgan fingerprint density at radius 2 is 1.17 bits per heavy atom. The number of urea groups is 2. The Bertz CT molecular complexity index is 2230. The van der Waals surface area contributed by atoms with Gasteiger partial charge >= 0.3 is 24.0 Å². The number of β-lactam (4-membered cyclic amide) rings is 2. The van der Waals surface area contributed by atoms with Crippen LogP contribution in [0.5, 0.6) is 0 Å². The number of nitrogens with zero attached hydrogens (tertiary/aromatic N) is 4. The number of carbonyl (C=O) groups excluding carboxylic acids is 6. The van der Waals surface area contributed by atoms with Crippen LogP contribution in [0.15, 0.2) is 60.7 Å². The fraction of sp³-hybridized carbons (Fsp3) is 0.459. The number of carbonyl (C=O) groups is 8. The highest BCUT2D eigenvalue weighted by molar-refractivity contribution is 8.02. The van der Waals surface area contributed by atoms with Gasteiger partial charge in [0.25, 0.3) is 0 Å². The number of rotatable bonds is 10. The molecule has 0 unspecified atom stereocenters. The van der Waals surface area contributed by atoms with Crippen LogP contribution < -0.4 is 21.7 Å². The maximum absolute atomic E-state index is 13.3. The van der Waals surface area contributed by atoms with E-state index in [4.69, 9.17) is 5.73 Å². The smallest absolute Gasteiger partial charge is 0.341 e. The van der Waals surface area contributed by atoms with Crippen molar-refractivity contribution in [3.63, 3.8) is 0 Å². The largest absolute Gasteiger partial charge is 0.480 e. The SMILES string of the molecule is CC1(C)S[C@@H]2[C@H](NC(=O)[C@H](N)c3ccccc3)C(=O)N2[C@H]1C(=O)O.CC1(C)S[C@@H]2[C@H](NC(=O)[C@H](NC(=O)N3CCN(S(C)(=O)=O)C3=O)c3ccccc3)C(=O)N2[C@H]1C(=O)O. The molecule has 0 aliphatic carbocycles. The fourth-order valence-electron chi connectivity index (χ4n) is 7.74. The lowest BCUT2D eigenvalue weighted by Crippen LogP contribution is -2.71. The minimum atomic E-state index is -3.87. The van der Waals surface area contributed by atoms with Crippen LogP contribution in [0.2, 0.25) is 0 Å². The van der Waals surface area contributed by atoms with Crippen molar-refractivity contribution in [1.29, 1.82) is 0 Å². The van der Waals surface area contributed by atoms with Gasteiger partial charge in [-0.2, -0.15) is 0 Å². The van der Waals surface area contributed by atoms with Gasteiger partial charge in [-0.3, -0.25) is 19.2 Å². The van der Waals surface area contributed by atoms with Crippen LogP contribution in [0.3, 0.4) is 0 Å². The molecule has 0 spiro atoms. The number of aliphatic carboxylic acids is 2. The molecule has 0 aromatic heterocycles. The summed E-state index contributed by atoms with van der Waals surface area (Å²) in [6.07, 6.45) is 0.850. The van der Waals surface area contributed by atoms with Crippen LogP contribution in [0.25, 0.3) is 0 Å². The molecule has 8 amide bonds. The van der Waals surface area contributed by atoms with Crippen LogP contribution >= 0.6 is 23.5 Å². The lowest BCUT2D eigenvalue weighted by atomic mass is 9.95. The van der Waals surface area contributed by atoms with E-state index < -0.39 is 103 Å². The lowest BCUT2D eigenvalue weighted by Gasteiger charge is -2.44. The first-order valence-electron chi connectivity index (χ1n) is 18.5. The molecule has 5 aliphatic rings. The van der Waals surface area contributed by atoms with E-state index in [1.54, 1.807) is 82.3 Å². The molecule has 20 nitrogen and oxygen atoms in total. The van der Waals surface area contributed by atoms with E-state index in [1.807, 2.05) is 6.07 Å². The van der Waals surface area contributed by atoms with Crippen molar-refractivity contribution in [3.05, 3.63) is 71.8 Å². The summed E-state index contributed by atoms with van der Waals surface area (Å²) in [5.74, 6) is -4.28. The highest BCUT2D eigenvalue weighted by Crippen LogP contribution is 2.52. The summed E-state index contributed by atoms with van der Waals surface area (Å²) in [4.78, 5) is 102. The molecule has 7 N–H and O–H groups in total. The van der Waals surface area contributed by atoms with E-state index in [0.29, 0.717) is 20.3 Å². The van der Waals surface area contributed by atoms with E-state index in [9.17, 15) is 57.0 Å². The third-order valence-electron chi connectivity index (χ3n) is 10.7. The van der Waals surface area contributed by atoms with Gasteiger partial charge in [-0.25, -0.2) is 36.8 Å². The minimum absolute atomic E-state index is 0.193. The van der Waals surface area contributed by atoms with Crippen molar-refractivity contribution in [2.24, 2.45) is 5.73 Å². The van der Waals surface area contributed by atoms with E-state index in [1.165, 1.54) is 33.3 Å². The Morgan fingerprint density at radius 1 is 0.733 bits per heavy atom. The Balaban J connectivity index is 0.000000218. The van der Waals surface area contributed by atoms with E-state index >= 15 is 0 Å². The quantitative estimate of drug-likeness (QED) is 0.172. The highest BCUT2D eigenvalue weighted by atomic mass is 32.2. The lowest BCUT2D eigenvalue weighted by molar-refractivity contribution is -0.161. The van der Waals surface area contributed by atoms with Gasteiger partial charge in [-0.15, -0.1) is 23.5 Å². The number of carboxylic acids is 2. The number of fused-ring (bicyclic) bond motifs is 2. The first kappa shape index (κ1) is 44.2. The third kappa shape index (κ3) is 8.09. The molecule has 7 rings (SSSR count). The predicted molar refractivity (Wildman–Crippen MR) is 216 cm³/mol. The van der Waals surface area contributed by atoms with Crippen LogP contribution in [0, 0.1) is 0 Å². The number of carboxylic acid groups (broad SMARTS) is 2. The molecule has 8 atom stereocenters. The van der Waals surface area contributed by atoms with Crippen molar-refractivity contribution < 1.29 is 57.0 Å². The molecule has 2 aromatic rings. The van der Waals surface area contributed by atoms with Gasteiger partial charge in [0.05, 0.1) is 19.3 Å². The molecule has 5 heterocycles. The van der Waals surface area contributed by atoms with Gasteiger partial charge in [0.2, 0.25) is 33.7 Å². The maximum atomic E-state index is 13.3. The number of thioether (sulfide) groups is 2. The van der Waals surface area contributed by atoms with E-state index in [-0.39, 0.29) is 24.4 Å². The highest BCUT2D eigenvalue weighted by Gasteiger charge is 2.65. The molecule has 5 fully saturated rings. The Morgan fingerprint density at radius 3 is 1.58 bits per heavy atom. The second-order valence-corrected chi connectivity index (χ2v) is 21.1. The van der Waals surface area contributed by atoms with Crippen LogP contribution in [-0.2, 0) is 38.8 Å². The van der Waals surface area contributed by atoms with Gasteiger partial charge in [0, 0.05) is 9.49 Å². The Kier molecular flexibility index (Phi) is 11.9. The number of hydrogen-bond donors (Lipinski definition) is 6. The molecule has 2 aromatic carbocycles. The van der Waals surface area contributed by atoms with E-state index in [2.05, 4.69) is 16.0 Å². The van der Waals surface area contributed by atoms with Crippen LogP contribution in [-0.4, -0.2) is 149 Å². The normalized spacial score (nSPS) is 26.9. The monoisotopic (exact) mass is 888 g/mol. The van der Waals surface area contributed by atoms with Crippen molar-refractivity contribution in [1.82, 2.24) is 35.0 Å². The standard InChI is InChI=1S/C21H25N5O8S2.C16H19N3O4S/c1-21(2)14(18(29)30)26-16(28)13(17(26)35-21)22-15(27)12(11-7-5-4-6-8-11)23-19(31)24-9-10-25(20(24)32)36(3,33)34;1-16(2)11(15(22)23)19-13(21)10(14(19)24-16)18-12(20)9(17)8-6-4-3-5-7-8/h4-8,12-14,17H,9-10H2,1-3H3,(H,22,27)(H,23,31)(H,29,30);3-7,9-11,14H,17H2,1-2H3,(H,18,20)(H,22,23)/t12-,13-,14+,17-;9-,10-,11+,14-/m11/s1. The molecule has 60 heavy (non-hydrogen) atoms. The van der Waals surface area contributed by atoms with Crippen molar-refractivity contribution in [2.75, 3.05) is 19.3 Å². The minimum Gasteiger partial charge on any atom is -0.480 e. The van der Waals surface area contributed by atoms with Gasteiger partial charge in [0.1, 0.15) is 47.0 Å². The summed E-state index contributed by atoms with van der Waals surface area (Å²) in [6, 6.07) is 9.13. The Hall–Kier alpha value is -5.39. The maximum Gasteiger partial charge on any atom is 0.341 e. The molecule has 23 heteroatoms. The summed E-state index contributed by atoms with van der Waals surface area (Å²) in [5, 5.41) is 25.7. The molecule has 0 bridgehead atoms. The topological polar surface area (TPSA) is 286 Å². The summed E-state index contributed by atoms with van der Waals surface area (Å²) >= 11 is 2.64. The number of sulfonamides is 1. The zero-order valence-electron chi connectivity index (χ0n) is 32.9. The third-order valence-corrected chi connectivity index (χ3v) is 14.9. The van der Waals surface area contributed by atoms with Crippen molar-refractivity contribution in [2.45, 2.75) is 84.2 Å². The second-order valence-electron chi connectivity index (χ2n) is 15.6. The zero-order chi connectivity index (χ0) is 44.2. The summed E-state index contributed by atoms with van der Waals surface area (Å²) in [7, 11) is -3.87. The molecule has 5 aliphatic heterocycles. The number of nitrogens with one attached hydrogen (secondary N) is 3. The van der Waals surface area contributed by atoms with Crippen LogP contribution in [0.1, 0.15) is 50.9 Å². The molecule has 5 saturated heterocycles. The summed E-state index contributed by atoms with van der Waals surface area (Å²) < 4.78 is 22.7. The van der Waals surface area contributed by atoms with Crippen molar-refractivity contribution in [3.8, 4) is 0 Å². The van der Waals surface area contributed by atoms with E-state index in [0.717, 1.165) is 6.26 Å². The number of benzene rings is 2. The number of hydrogen-bond acceptors (Lipinski definition) is 13. The average molecular weight is 889 g/mol. The van der Waals surface area contributed by atoms with Crippen molar-refractivity contribution >= 4 is 81.2 Å². The molecule has 0 radical (unpaired) electrons. The summed E-state index contributed by atoms with van der Waals surface area (Å²) in [6.45, 7) is 6.59. The Labute approximate surface area is 353 Å². The number of nitrogens with two attached hydrogens (primary N) is 1. The molecule has 0 saturated carbocycles. The molecular weight excluding hydrogens is 845 g/mol. The molecule has 322 valence electrons. The van der Waals surface area contributed by atoms with Crippen LogP contribution in [0.4, 0.5) is 9.59 Å². The van der Waals surface area contributed by atoms with Gasteiger partial charge in [0.15, 0.2) is 0 Å². The predicted octanol–water partition coefficient (Wildman–Crippen LogP) is 0.0843. The van der Waals surface area contributed by atoms with Gasteiger partial charge < -0.3 is 41.7 Å². The number of imide groups is 1. The number of amides is 8. The first-order chi connectivity index (χ1) is 28.0. The first-order valence-corrected chi connectivity index (χ1v) is 22.1.